The fraction of sp³-hybridized carbons (Fsp3) is 0.455. The van der Waals surface area contributed by atoms with Gasteiger partial charge in [-0.2, -0.15) is 0 Å². The molecule has 4 heteroatoms. The second-order valence-electron chi connectivity index (χ2n) is 8.72. The summed E-state index contributed by atoms with van der Waals surface area (Å²) in [6, 6.07) is 12.7. The van der Waals surface area contributed by atoms with Crippen molar-refractivity contribution in [1.82, 2.24) is 14.1 Å². The largest absolute Gasteiger partial charge is 0.505 e. The maximum Gasteiger partial charge on any atom is 0.146 e. The van der Waals surface area contributed by atoms with Crippen LogP contribution in [-0.2, 0) is 10.8 Å². The van der Waals surface area contributed by atoms with Gasteiger partial charge in [0.15, 0.2) is 0 Å². The summed E-state index contributed by atoms with van der Waals surface area (Å²) in [5.41, 5.74) is 5.54. The summed E-state index contributed by atoms with van der Waals surface area (Å²) in [4.78, 5) is 2.07. The molecule has 2 aromatic carbocycles. The molecule has 0 atom stereocenters. The molecule has 0 amide bonds. The lowest BCUT2D eigenvalue weighted by Crippen LogP contribution is -2.21. The molecule has 4 nitrogen and oxygen atoms in total. The zero-order chi connectivity index (χ0) is 18.9. The topological polar surface area (TPSA) is 34.0 Å². The van der Waals surface area contributed by atoms with E-state index in [0.29, 0.717) is 5.75 Å². The molecule has 2 aromatic heterocycles. The number of phenols is 1. The molecule has 0 bridgehead atoms. The van der Waals surface area contributed by atoms with Crippen LogP contribution < -0.4 is 0 Å². The second kappa shape index (κ2) is 5.32. The Balaban J connectivity index is 1.97. The lowest BCUT2D eigenvalue weighted by molar-refractivity contribution is 0.422. The van der Waals surface area contributed by atoms with Gasteiger partial charge in [-0.25, -0.2) is 0 Å². The molecule has 0 unspecified atom stereocenters. The molecule has 0 aliphatic rings. The second-order valence-corrected chi connectivity index (χ2v) is 8.72. The highest BCUT2D eigenvalue weighted by Crippen LogP contribution is 2.42. The summed E-state index contributed by atoms with van der Waals surface area (Å²) >= 11 is 0. The molecule has 138 valence electrons. The molecule has 0 fully saturated rings. The molecule has 0 aliphatic heterocycles. The first-order valence-corrected chi connectivity index (χ1v) is 9.60. The minimum atomic E-state index is -0.0781. The van der Waals surface area contributed by atoms with Crippen LogP contribution in [0.3, 0.4) is 0 Å². The number of fused-ring (bicyclic) bond motifs is 4. The van der Waals surface area contributed by atoms with E-state index < -0.39 is 0 Å². The number of hydrogen-bond acceptors (Lipinski definition) is 1. The van der Waals surface area contributed by atoms with Crippen molar-refractivity contribution in [2.75, 3.05) is 0 Å². The van der Waals surface area contributed by atoms with Gasteiger partial charge in [0.2, 0.25) is 0 Å². The van der Waals surface area contributed by atoms with Gasteiger partial charge in [0, 0.05) is 5.56 Å². The van der Waals surface area contributed by atoms with E-state index in [-0.39, 0.29) is 10.8 Å². The lowest BCUT2D eigenvalue weighted by Gasteiger charge is -2.30. The Kier molecular flexibility index (Phi) is 3.49. The van der Waals surface area contributed by atoms with Crippen LogP contribution in [-0.4, -0.2) is 19.2 Å². The summed E-state index contributed by atoms with van der Waals surface area (Å²) in [6.07, 6.45) is 2.03. The van der Waals surface area contributed by atoms with Gasteiger partial charge < -0.3 is 5.11 Å². The van der Waals surface area contributed by atoms with Crippen LogP contribution in [0.25, 0.3) is 16.7 Å². The number of phenolic OH excluding ortho intramolecular Hbond substituents is 1. The fourth-order valence-corrected chi connectivity index (χ4v) is 3.57. The Bertz CT molecular complexity index is 1030. The van der Waals surface area contributed by atoms with E-state index in [1.165, 1.54) is 16.6 Å². The Hall–Kier alpha value is -2.36. The zero-order valence-electron chi connectivity index (χ0n) is 16.7. The first-order chi connectivity index (χ1) is 12.2. The maximum absolute atomic E-state index is 11.2. The molecule has 0 saturated heterocycles. The van der Waals surface area contributed by atoms with Crippen LogP contribution in [0.1, 0.15) is 65.5 Å². The standard InChI is InChI=1S/C22H29N3O/c1-7-21(3,4)15-13-16(22(5,6)8-2)20(26)19(14-15)25-23-17-11-9-10-12-18(17)24(23)25/h9-14,26H,7-8H2,1-6H3. The summed E-state index contributed by atoms with van der Waals surface area (Å²) in [5.74, 6) is 0.396. The van der Waals surface area contributed by atoms with Crippen LogP contribution in [0.4, 0.5) is 0 Å². The smallest absolute Gasteiger partial charge is 0.146 e. The quantitative estimate of drug-likeness (QED) is 0.506. The Morgan fingerprint density at radius 3 is 1.88 bits per heavy atom. The molecule has 4 aromatic rings. The highest BCUT2D eigenvalue weighted by molar-refractivity contribution is 5.79. The van der Waals surface area contributed by atoms with Gasteiger partial charge in [0.05, 0.1) is 0 Å². The van der Waals surface area contributed by atoms with Crippen molar-refractivity contribution in [3.63, 3.8) is 0 Å². The van der Waals surface area contributed by atoms with Crippen LogP contribution in [0.15, 0.2) is 36.4 Å². The summed E-state index contributed by atoms with van der Waals surface area (Å²) in [7, 11) is 0. The zero-order valence-corrected chi connectivity index (χ0v) is 16.7. The van der Waals surface area contributed by atoms with E-state index in [9.17, 15) is 5.11 Å². The van der Waals surface area contributed by atoms with Crippen molar-refractivity contribution in [2.45, 2.75) is 65.2 Å². The van der Waals surface area contributed by atoms with Crippen molar-refractivity contribution in [2.24, 2.45) is 0 Å². The molecular weight excluding hydrogens is 322 g/mol. The van der Waals surface area contributed by atoms with Crippen LogP contribution >= 0.6 is 0 Å². The van der Waals surface area contributed by atoms with Gasteiger partial charge in [-0.15, -0.1) is 14.1 Å². The third kappa shape index (κ3) is 2.21. The summed E-state index contributed by atoms with van der Waals surface area (Å²) in [5, 5.41) is 11.2. The van der Waals surface area contributed by atoms with Gasteiger partial charge >= 0.3 is 0 Å². The van der Waals surface area contributed by atoms with Gasteiger partial charge in [-0.05, 0) is 47.4 Å². The average molecular weight is 351 g/mol. The van der Waals surface area contributed by atoms with Gasteiger partial charge in [0.25, 0.3) is 0 Å². The number of para-hydroxylation sites is 2. The van der Waals surface area contributed by atoms with Crippen molar-refractivity contribution in [3.8, 4) is 11.4 Å². The molecule has 26 heavy (non-hydrogen) atoms. The SMILES string of the molecule is CCC(C)(C)c1cc(-n2n3c4ccccc4n23)c(O)c(C(C)(C)CC)c1. The van der Waals surface area contributed by atoms with Gasteiger partial charge in [-0.1, -0.05) is 59.7 Å². The lowest BCUT2D eigenvalue weighted by atomic mass is 9.76. The van der Waals surface area contributed by atoms with Crippen molar-refractivity contribution in [3.05, 3.63) is 47.5 Å². The number of aromatic nitrogens is 3. The van der Waals surface area contributed by atoms with Crippen molar-refractivity contribution < 1.29 is 5.11 Å². The number of rotatable bonds is 5. The average Bonchev–Trinajstić information content (AvgIpc) is 3.28. The van der Waals surface area contributed by atoms with E-state index in [2.05, 4.69) is 92.0 Å². The Labute approximate surface area is 154 Å². The van der Waals surface area contributed by atoms with E-state index >= 15 is 0 Å². The third-order valence-corrected chi connectivity index (χ3v) is 6.40. The van der Waals surface area contributed by atoms with E-state index in [1.807, 2.05) is 0 Å². The van der Waals surface area contributed by atoms with Crippen LogP contribution in [0.2, 0.25) is 0 Å². The van der Waals surface area contributed by atoms with Crippen LogP contribution in [0, 0.1) is 0 Å². The number of hydrogen-bond donors (Lipinski definition) is 1. The predicted octanol–water partition coefficient (Wildman–Crippen LogP) is 5.50. The summed E-state index contributed by atoms with van der Waals surface area (Å²) in [6.45, 7) is 13.4. The summed E-state index contributed by atoms with van der Waals surface area (Å²) < 4.78 is 4.21. The normalized spacial score (nSPS) is 13.5. The van der Waals surface area contributed by atoms with Gasteiger partial charge in [0.1, 0.15) is 22.5 Å². The number of aromatic hydroxyl groups is 1. The molecule has 0 spiro atoms. The van der Waals surface area contributed by atoms with Crippen LogP contribution in [0.5, 0.6) is 5.75 Å². The molecular formula is C22H29N3O. The molecule has 0 radical (unpaired) electrons. The third-order valence-electron chi connectivity index (χ3n) is 6.40. The van der Waals surface area contributed by atoms with E-state index in [1.54, 1.807) is 0 Å². The molecule has 0 saturated carbocycles. The fourth-order valence-electron chi connectivity index (χ4n) is 3.57. The first-order valence-electron chi connectivity index (χ1n) is 9.60. The monoisotopic (exact) mass is 351 g/mol. The Morgan fingerprint density at radius 2 is 1.38 bits per heavy atom. The molecule has 1 N–H and O–H groups in total. The molecule has 2 heterocycles. The van der Waals surface area contributed by atoms with Crippen molar-refractivity contribution in [1.29, 1.82) is 0 Å². The minimum Gasteiger partial charge on any atom is -0.505 e. The van der Waals surface area contributed by atoms with Crippen molar-refractivity contribution >= 4 is 11.0 Å². The number of benzene rings is 2. The number of nitrogens with zero attached hydrogens (tertiary/aromatic N) is 3. The molecule has 0 aliphatic carbocycles. The highest BCUT2D eigenvalue weighted by Gasteiger charge is 2.32. The van der Waals surface area contributed by atoms with E-state index in [0.717, 1.165) is 24.1 Å². The molecule has 4 rings (SSSR count). The predicted molar refractivity (Wildman–Crippen MR) is 107 cm³/mol. The maximum atomic E-state index is 11.2. The minimum absolute atomic E-state index is 0.0631. The Morgan fingerprint density at radius 1 is 0.846 bits per heavy atom. The first kappa shape index (κ1) is 17.1. The van der Waals surface area contributed by atoms with E-state index in [4.69, 9.17) is 0 Å². The highest BCUT2D eigenvalue weighted by atomic mass is 16.3. The van der Waals surface area contributed by atoms with Gasteiger partial charge in [-0.3, -0.25) is 0 Å².